The van der Waals surface area contributed by atoms with E-state index in [0.29, 0.717) is 29.2 Å². The first kappa shape index (κ1) is 22.6. The Morgan fingerprint density at radius 3 is 2.42 bits per heavy atom. The Morgan fingerprint density at radius 2 is 1.76 bits per heavy atom. The van der Waals surface area contributed by atoms with Gasteiger partial charge in [0.2, 0.25) is 5.89 Å². The molecule has 0 N–H and O–H groups in total. The van der Waals surface area contributed by atoms with Crippen LogP contribution in [0.4, 0.5) is 0 Å². The summed E-state index contributed by atoms with van der Waals surface area (Å²) >= 11 is 0. The molecule has 4 aromatic rings. The Bertz CT molecular complexity index is 1260. The number of oxazole rings is 1. The molecule has 5 heteroatoms. The van der Waals surface area contributed by atoms with Crippen LogP contribution in [0.2, 0.25) is 0 Å². The number of benzene rings is 3. The molecular weight excluding hydrogens is 414 g/mol. The molecule has 0 amide bonds. The predicted molar refractivity (Wildman–Crippen MR) is 129 cm³/mol. The average Bonchev–Trinajstić information content (AvgIpc) is 3.28. The lowest BCUT2D eigenvalue weighted by Crippen LogP contribution is -2.26. The number of hydrogen-bond acceptors (Lipinski definition) is 5. The monoisotopic (exact) mass is 443 g/mol. The van der Waals surface area contributed by atoms with Crippen LogP contribution >= 0.6 is 0 Å². The Morgan fingerprint density at radius 1 is 1.00 bits per heavy atom. The summed E-state index contributed by atoms with van der Waals surface area (Å²) in [6.07, 6.45) is 1.65. The largest absolute Gasteiger partial charge is 0.489 e. The van der Waals surface area contributed by atoms with E-state index in [1.807, 2.05) is 24.3 Å². The van der Waals surface area contributed by atoms with Gasteiger partial charge in [0.1, 0.15) is 17.9 Å². The molecule has 0 fully saturated rings. The first-order chi connectivity index (χ1) is 16.0. The van der Waals surface area contributed by atoms with Crippen LogP contribution in [-0.2, 0) is 16.8 Å². The van der Waals surface area contributed by atoms with Gasteiger partial charge in [-0.1, -0.05) is 56.3 Å². The molecule has 0 saturated carbocycles. The molecule has 170 valence electrons. The minimum absolute atomic E-state index is 0.382. The van der Waals surface area contributed by atoms with Crippen molar-refractivity contribution in [3.05, 3.63) is 94.9 Å². The molecule has 1 aromatic heterocycles. The number of carbonyl (C=O) groups is 1. The van der Waals surface area contributed by atoms with E-state index in [-0.39, 0.29) is 11.4 Å². The van der Waals surface area contributed by atoms with Crippen molar-refractivity contribution in [2.45, 2.75) is 45.6 Å². The number of carbonyl (C=O) groups excluding carboxylic acids is 1. The van der Waals surface area contributed by atoms with Gasteiger partial charge in [0, 0.05) is 0 Å². The van der Waals surface area contributed by atoms with Crippen molar-refractivity contribution in [3.8, 4) is 5.75 Å². The van der Waals surface area contributed by atoms with Crippen LogP contribution in [0.5, 0.6) is 5.75 Å². The molecule has 0 aliphatic carbocycles. The molecule has 0 radical (unpaired) electrons. The van der Waals surface area contributed by atoms with Crippen molar-refractivity contribution in [2.75, 3.05) is 7.11 Å². The predicted octanol–water partition coefficient (Wildman–Crippen LogP) is 6.61. The maximum absolute atomic E-state index is 11.9. The van der Waals surface area contributed by atoms with Gasteiger partial charge < -0.3 is 13.9 Å². The third-order valence-corrected chi connectivity index (χ3v) is 6.39. The highest BCUT2D eigenvalue weighted by Gasteiger charge is 2.36. The van der Waals surface area contributed by atoms with E-state index in [0.717, 1.165) is 35.3 Å². The minimum Gasteiger partial charge on any atom is -0.489 e. The summed E-state index contributed by atoms with van der Waals surface area (Å²) in [6, 6.07) is 21.6. The van der Waals surface area contributed by atoms with E-state index < -0.39 is 0 Å². The topological polar surface area (TPSA) is 61.6 Å². The Hall–Kier alpha value is -3.60. The lowest BCUT2D eigenvalue weighted by molar-refractivity contribution is 0.0601. The number of rotatable bonds is 8. The van der Waals surface area contributed by atoms with Gasteiger partial charge in [-0.2, -0.15) is 0 Å². The molecule has 33 heavy (non-hydrogen) atoms. The fraction of sp³-hybridized carbons (Fsp3) is 0.286. The van der Waals surface area contributed by atoms with Crippen molar-refractivity contribution in [3.63, 3.8) is 0 Å². The van der Waals surface area contributed by atoms with Crippen LogP contribution in [0.1, 0.15) is 59.6 Å². The van der Waals surface area contributed by atoms with Crippen molar-refractivity contribution in [1.82, 2.24) is 4.98 Å². The highest BCUT2D eigenvalue weighted by Crippen LogP contribution is 2.41. The quantitative estimate of drug-likeness (QED) is 0.287. The van der Waals surface area contributed by atoms with Crippen LogP contribution in [0.25, 0.3) is 11.1 Å². The van der Waals surface area contributed by atoms with Gasteiger partial charge in [0.05, 0.1) is 18.1 Å². The normalized spacial score (nSPS) is 11.5. The molecular formula is C28H29NO4. The first-order valence-electron chi connectivity index (χ1n) is 11.3. The average molecular weight is 444 g/mol. The van der Waals surface area contributed by atoms with Gasteiger partial charge in [0.25, 0.3) is 0 Å². The summed E-state index contributed by atoms with van der Waals surface area (Å²) in [4.78, 5) is 16.7. The molecule has 0 aliphatic rings. The molecule has 3 aromatic carbocycles. The number of esters is 1. The highest BCUT2D eigenvalue weighted by molar-refractivity contribution is 5.93. The zero-order chi connectivity index (χ0) is 23.4. The van der Waals surface area contributed by atoms with Crippen LogP contribution in [0, 0.1) is 6.92 Å². The third kappa shape index (κ3) is 4.36. The Kier molecular flexibility index (Phi) is 6.50. The van der Waals surface area contributed by atoms with E-state index in [4.69, 9.17) is 18.9 Å². The van der Waals surface area contributed by atoms with Crippen LogP contribution < -0.4 is 4.74 Å². The molecule has 0 aliphatic heterocycles. The second-order valence-corrected chi connectivity index (χ2v) is 8.24. The molecule has 1 heterocycles. The molecule has 0 spiro atoms. The zero-order valence-corrected chi connectivity index (χ0v) is 19.6. The van der Waals surface area contributed by atoms with Crippen LogP contribution in [0.15, 0.2) is 71.1 Å². The number of aromatic nitrogens is 1. The van der Waals surface area contributed by atoms with E-state index >= 15 is 0 Å². The molecule has 5 nitrogen and oxygen atoms in total. The van der Waals surface area contributed by atoms with Crippen LogP contribution in [-0.4, -0.2) is 18.1 Å². The fourth-order valence-corrected chi connectivity index (χ4v) is 4.31. The molecule has 0 bridgehead atoms. The number of nitrogens with zero attached hydrogens (tertiary/aromatic N) is 1. The Labute approximate surface area is 194 Å². The standard InChI is InChI=1S/C28H29NO4/c1-5-28(6-2,27-29-23-17-21(26(30)31-4)12-14-25(23)33-27)22-13-15-24(19(3)16-22)32-18-20-10-8-7-9-11-20/h7-17H,5-6,18H2,1-4H3. The van der Waals surface area contributed by atoms with Gasteiger partial charge >= 0.3 is 5.97 Å². The highest BCUT2D eigenvalue weighted by atomic mass is 16.5. The van der Waals surface area contributed by atoms with Gasteiger partial charge in [0.15, 0.2) is 5.58 Å². The third-order valence-electron chi connectivity index (χ3n) is 6.39. The first-order valence-corrected chi connectivity index (χ1v) is 11.3. The number of fused-ring (bicyclic) bond motifs is 1. The van der Waals surface area contributed by atoms with Crippen molar-refractivity contribution in [2.24, 2.45) is 0 Å². The lowest BCUT2D eigenvalue weighted by Gasteiger charge is -2.29. The van der Waals surface area contributed by atoms with Crippen LogP contribution in [0.3, 0.4) is 0 Å². The van der Waals surface area contributed by atoms with Crippen molar-refractivity contribution < 1.29 is 18.7 Å². The van der Waals surface area contributed by atoms with E-state index in [9.17, 15) is 4.79 Å². The molecule has 0 unspecified atom stereocenters. The summed E-state index contributed by atoms with van der Waals surface area (Å²) in [5.74, 6) is 1.13. The maximum Gasteiger partial charge on any atom is 0.337 e. The zero-order valence-electron chi connectivity index (χ0n) is 19.6. The van der Waals surface area contributed by atoms with Gasteiger partial charge in [-0.3, -0.25) is 0 Å². The van der Waals surface area contributed by atoms with Gasteiger partial charge in [-0.15, -0.1) is 0 Å². The second-order valence-electron chi connectivity index (χ2n) is 8.24. The Balaban J connectivity index is 1.67. The maximum atomic E-state index is 11.9. The van der Waals surface area contributed by atoms with Crippen molar-refractivity contribution >= 4 is 17.1 Å². The molecule has 0 atom stereocenters. The van der Waals surface area contributed by atoms with Gasteiger partial charge in [-0.05, 0) is 60.7 Å². The summed E-state index contributed by atoms with van der Waals surface area (Å²) in [5, 5.41) is 0. The minimum atomic E-state index is -0.389. The number of methoxy groups -OCH3 is 1. The number of hydrogen-bond donors (Lipinski definition) is 0. The smallest absolute Gasteiger partial charge is 0.337 e. The number of aryl methyl sites for hydroxylation is 1. The SMILES string of the molecule is CCC(CC)(c1ccc(OCc2ccccc2)c(C)c1)c1nc2cc(C(=O)OC)ccc2o1. The summed E-state index contributed by atoms with van der Waals surface area (Å²) in [7, 11) is 1.37. The van der Waals surface area contributed by atoms with E-state index in [1.54, 1.807) is 18.2 Å². The molecule has 4 rings (SSSR count). The lowest BCUT2D eigenvalue weighted by atomic mass is 9.75. The summed E-state index contributed by atoms with van der Waals surface area (Å²) < 4.78 is 17.1. The van der Waals surface area contributed by atoms with Crippen molar-refractivity contribution in [1.29, 1.82) is 0 Å². The van der Waals surface area contributed by atoms with E-state index in [1.165, 1.54) is 7.11 Å². The summed E-state index contributed by atoms with van der Waals surface area (Å²) in [6.45, 7) is 6.89. The number of ether oxygens (including phenoxy) is 2. The summed E-state index contributed by atoms with van der Waals surface area (Å²) in [5.41, 5.74) is 4.72. The second kappa shape index (κ2) is 9.49. The fourth-order valence-electron chi connectivity index (χ4n) is 4.31. The van der Waals surface area contributed by atoms with Gasteiger partial charge in [-0.25, -0.2) is 9.78 Å². The molecule has 0 saturated heterocycles. The van der Waals surface area contributed by atoms with E-state index in [2.05, 4.69) is 45.0 Å².